The van der Waals surface area contributed by atoms with Crippen molar-refractivity contribution < 1.29 is 9.84 Å². The van der Waals surface area contributed by atoms with Crippen LogP contribution in [0.15, 0.2) is 85.2 Å². The Hall–Kier alpha value is -3.04. The van der Waals surface area contributed by atoms with Gasteiger partial charge in [-0.15, -0.1) is 0 Å². The number of aromatic nitrogens is 1. The number of aliphatic hydroxyl groups excluding tert-OH is 1. The van der Waals surface area contributed by atoms with Crippen LogP contribution in [0.2, 0.25) is 0 Å². The van der Waals surface area contributed by atoms with E-state index in [0.717, 1.165) is 5.57 Å². The molecule has 0 aliphatic rings. The molecule has 0 atom stereocenters. The first-order chi connectivity index (χ1) is 13.7. The second-order valence-corrected chi connectivity index (χ2v) is 6.82. The number of ether oxygens (including phenoxy) is 1. The summed E-state index contributed by atoms with van der Waals surface area (Å²) in [5, 5.41) is 10.1. The number of hydrogen-bond acceptors (Lipinski definition) is 2. The first kappa shape index (κ1) is 19.7. The Morgan fingerprint density at radius 3 is 2.64 bits per heavy atom. The van der Waals surface area contributed by atoms with E-state index in [2.05, 4.69) is 67.5 Å². The van der Waals surface area contributed by atoms with E-state index >= 15 is 0 Å². The monoisotopic (exact) mass is 373 g/mol. The maximum absolute atomic E-state index is 8.78. The lowest BCUT2D eigenvalue weighted by molar-refractivity contribution is 0.166. The molecule has 0 bridgehead atoms. The van der Waals surface area contributed by atoms with Gasteiger partial charge in [0.1, 0.15) is 6.61 Å². The Labute approximate surface area is 166 Å². The van der Waals surface area contributed by atoms with Gasteiger partial charge in [0, 0.05) is 17.4 Å². The van der Waals surface area contributed by atoms with Crippen molar-refractivity contribution in [2.24, 2.45) is 0 Å². The van der Waals surface area contributed by atoms with E-state index in [4.69, 9.17) is 9.84 Å². The summed E-state index contributed by atoms with van der Waals surface area (Å²) >= 11 is 0. The van der Waals surface area contributed by atoms with Crippen LogP contribution in [0.3, 0.4) is 0 Å². The highest BCUT2D eigenvalue weighted by molar-refractivity contribution is 5.92. The molecule has 0 aliphatic carbocycles. The van der Waals surface area contributed by atoms with Crippen LogP contribution >= 0.6 is 0 Å². The highest BCUT2D eigenvalue weighted by Gasteiger charge is 2.16. The fourth-order valence-electron chi connectivity index (χ4n) is 3.48. The van der Waals surface area contributed by atoms with Crippen LogP contribution in [0, 0.1) is 13.8 Å². The molecule has 0 saturated carbocycles. The highest BCUT2D eigenvalue weighted by atomic mass is 16.5. The number of aliphatic hydroxyl groups is 1. The molecule has 28 heavy (non-hydrogen) atoms. The number of aryl methyl sites for hydroxylation is 2. The Morgan fingerprint density at radius 2 is 1.93 bits per heavy atom. The van der Waals surface area contributed by atoms with Crippen molar-refractivity contribution in [3.05, 3.63) is 96.3 Å². The summed E-state index contributed by atoms with van der Waals surface area (Å²) in [6.07, 6.45) is 7.31. The summed E-state index contributed by atoms with van der Waals surface area (Å²) in [7, 11) is 0. The van der Waals surface area contributed by atoms with Crippen LogP contribution in [0.25, 0.3) is 22.2 Å². The number of fused-ring (bicyclic) bond motifs is 1. The highest BCUT2D eigenvalue weighted by Crippen LogP contribution is 2.34. The average Bonchev–Trinajstić information content (AvgIpc) is 2.98. The van der Waals surface area contributed by atoms with Gasteiger partial charge >= 0.3 is 0 Å². The molecule has 2 aromatic carbocycles. The molecule has 144 valence electrons. The van der Waals surface area contributed by atoms with Gasteiger partial charge in [-0.25, -0.2) is 0 Å². The molecule has 0 fully saturated rings. The van der Waals surface area contributed by atoms with Gasteiger partial charge in [0.05, 0.1) is 18.6 Å². The molecule has 0 unspecified atom stereocenters. The molecule has 0 saturated heterocycles. The number of benzene rings is 2. The lowest BCUT2D eigenvalue weighted by Gasteiger charge is -2.13. The molecule has 1 N–H and O–H groups in total. The maximum atomic E-state index is 8.78. The van der Waals surface area contributed by atoms with E-state index in [-0.39, 0.29) is 6.61 Å². The number of nitrogens with zero attached hydrogens (tertiary/aromatic N) is 1. The Bertz CT molecular complexity index is 1010. The summed E-state index contributed by atoms with van der Waals surface area (Å²) in [4.78, 5) is 0. The van der Waals surface area contributed by atoms with Crippen LogP contribution in [0.1, 0.15) is 11.1 Å². The van der Waals surface area contributed by atoms with E-state index in [1.807, 2.05) is 24.3 Å². The van der Waals surface area contributed by atoms with Crippen LogP contribution in [-0.4, -0.2) is 22.9 Å². The average molecular weight is 373 g/mol. The summed E-state index contributed by atoms with van der Waals surface area (Å²) in [6, 6.07) is 17.1. The van der Waals surface area contributed by atoms with Gasteiger partial charge in [0.2, 0.25) is 0 Å². The lowest BCUT2D eigenvalue weighted by atomic mass is 10.1. The Balaban J connectivity index is 2.07. The molecular weight excluding hydrogens is 346 g/mol. The van der Waals surface area contributed by atoms with Gasteiger partial charge in [-0.1, -0.05) is 60.7 Å². The number of allylic oxidation sites excluding steroid dienone is 4. The standard InChI is InChI=1S/C25H27NO2/c1-4-21(9-8-15-28-16-14-27)18-26-24-13-12-19(2)17-23(24)20(3)25(26)22-10-6-5-7-11-22/h4-13,15,17,27H,1,14,16,18H2,2-3H3/b15-8+,21-9+. The van der Waals surface area contributed by atoms with E-state index in [1.54, 1.807) is 6.26 Å². The van der Waals surface area contributed by atoms with Crippen molar-refractivity contribution in [1.82, 2.24) is 4.57 Å². The van der Waals surface area contributed by atoms with E-state index in [9.17, 15) is 0 Å². The van der Waals surface area contributed by atoms with Gasteiger partial charge in [0.25, 0.3) is 0 Å². The second kappa shape index (κ2) is 9.25. The van der Waals surface area contributed by atoms with Crippen LogP contribution in [0.5, 0.6) is 0 Å². The van der Waals surface area contributed by atoms with Crippen LogP contribution in [-0.2, 0) is 11.3 Å². The van der Waals surface area contributed by atoms with Crippen LogP contribution in [0.4, 0.5) is 0 Å². The van der Waals surface area contributed by atoms with Crippen molar-refractivity contribution in [2.45, 2.75) is 20.4 Å². The van der Waals surface area contributed by atoms with Gasteiger partial charge in [0.15, 0.2) is 0 Å². The Morgan fingerprint density at radius 1 is 1.14 bits per heavy atom. The smallest absolute Gasteiger partial charge is 0.110 e. The topological polar surface area (TPSA) is 34.4 Å². The minimum absolute atomic E-state index is 0.0108. The molecule has 0 spiro atoms. The fraction of sp³-hybridized carbons (Fsp3) is 0.200. The predicted molar refractivity (Wildman–Crippen MR) is 117 cm³/mol. The molecule has 3 rings (SSSR count). The first-order valence-electron chi connectivity index (χ1n) is 9.51. The largest absolute Gasteiger partial charge is 0.499 e. The third-order valence-electron chi connectivity index (χ3n) is 4.82. The molecular formula is C25H27NO2. The van der Waals surface area contributed by atoms with Crippen molar-refractivity contribution in [3.63, 3.8) is 0 Å². The Kier molecular flexibility index (Phi) is 6.51. The predicted octanol–water partition coefficient (Wildman–Crippen LogP) is 5.56. The first-order valence-corrected chi connectivity index (χ1v) is 9.51. The second-order valence-electron chi connectivity index (χ2n) is 6.82. The molecule has 0 radical (unpaired) electrons. The zero-order valence-electron chi connectivity index (χ0n) is 16.6. The minimum Gasteiger partial charge on any atom is -0.499 e. The van der Waals surface area contributed by atoms with E-state index in [1.165, 1.54) is 33.3 Å². The van der Waals surface area contributed by atoms with Gasteiger partial charge in [-0.2, -0.15) is 0 Å². The van der Waals surface area contributed by atoms with Gasteiger partial charge < -0.3 is 14.4 Å². The van der Waals surface area contributed by atoms with Crippen molar-refractivity contribution in [1.29, 1.82) is 0 Å². The third kappa shape index (κ3) is 4.26. The molecule has 3 nitrogen and oxygen atoms in total. The zero-order chi connectivity index (χ0) is 19.9. The van der Waals surface area contributed by atoms with E-state index in [0.29, 0.717) is 13.2 Å². The van der Waals surface area contributed by atoms with Crippen LogP contribution < -0.4 is 0 Å². The summed E-state index contributed by atoms with van der Waals surface area (Å²) in [5.41, 5.74) is 7.29. The molecule has 3 aromatic rings. The minimum atomic E-state index is 0.0108. The van der Waals surface area contributed by atoms with Crippen molar-refractivity contribution in [3.8, 4) is 11.3 Å². The van der Waals surface area contributed by atoms with E-state index < -0.39 is 0 Å². The quantitative estimate of drug-likeness (QED) is 0.319. The molecule has 1 aromatic heterocycles. The van der Waals surface area contributed by atoms with Crippen molar-refractivity contribution >= 4 is 10.9 Å². The molecule has 0 amide bonds. The summed E-state index contributed by atoms with van der Waals surface area (Å²) in [5.74, 6) is 0. The third-order valence-corrected chi connectivity index (χ3v) is 4.82. The van der Waals surface area contributed by atoms with Gasteiger partial charge in [-0.05, 0) is 48.8 Å². The summed E-state index contributed by atoms with van der Waals surface area (Å²) in [6.45, 7) is 9.33. The zero-order valence-corrected chi connectivity index (χ0v) is 16.6. The molecule has 3 heteroatoms. The number of rotatable bonds is 8. The van der Waals surface area contributed by atoms with Crippen molar-refractivity contribution in [2.75, 3.05) is 13.2 Å². The van der Waals surface area contributed by atoms with Gasteiger partial charge in [-0.3, -0.25) is 0 Å². The number of hydrogen-bond donors (Lipinski definition) is 1. The normalized spacial score (nSPS) is 12.0. The fourth-order valence-corrected chi connectivity index (χ4v) is 3.48. The maximum Gasteiger partial charge on any atom is 0.110 e. The molecule has 1 heterocycles. The summed E-state index contributed by atoms with van der Waals surface area (Å²) < 4.78 is 7.55. The SMILES string of the molecule is C=C/C(=C\C=C\OCCO)Cn1c(-c2ccccc2)c(C)c2cc(C)ccc21. The lowest BCUT2D eigenvalue weighted by Crippen LogP contribution is -2.02. The molecule has 0 aliphatic heterocycles.